The summed E-state index contributed by atoms with van der Waals surface area (Å²) in [7, 11) is 0. The van der Waals surface area contributed by atoms with Gasteiger partial charge in [0.05, 0.1) is 23.9 Å². The maximum absolute atomic E-state index is 12.1. The van der Waals surface area contributed by atoms with Gasteiger partial charge in [-0.05, 0) is 24.6 Å². The Morgan fingerprint density at radius 1 is 1.48 bits per heavy atom. The average molecular weight is 283 g/mol. The third kappa shape index (κ3) is 2.74. The number of carbonyl (C=O) groups excluding carboxylic acids is 1. The predicted octanol–water partition coefficient (Wildman–Crippen LogP) is 1.69. The van der Waals surface area contributed by atoms with E-state index in [-0.39, 0.29) is 5.91 Å². The lowest BCUT2D eigenvalue weighted by molar-refractivity contribution is 0.0948. The highest BCUT2D eigenvalue weighted by Crippen LogP contribution is 2.20. The van der Waals surface area contributed by atoms with Crippen LogP contribution < -0.4 is 11.1 Å². The van der Waals surface area contributed by atoms with Crippen molar-refractivity contribution in [3.8, 4) is 0 Å². The molecule has 1 amide bonds. The summed E-state index contributed by atoms with van der Waals surface area (Å²) >= 11 is 0. The van der Waals surface area contributed by atoms with Gasteiger partial charge in [-0.1, -0.05) is 12.1 Å². The van der Waals surface area contributed by atoms with Crippen molar-refractivity contribution >= 4 is 22.5 Å². The van der Waals surface area contributed by atoms with Gasteiger partial charge in [-0.15, -0.1) is 0 Å². The number of aryl methyl sites for hydroxylation is 1. The molecule has 1 aromatic carbocycles. The van der Waals surface area contributed by atoms with Crippen LogP contribution in [0.2, 0.25) is 0 Å². The van der Waals surface area contributed by atoms with E-state index in [1.165, 1.54) is 0 Å². The number of carbonyl (C=O) groups is 1. The Bertz CT molecular complexity index is 786. The second-order valence-electron chi connectivity index (χ2n) is 5.03. The van der Waals surface area contributed by atoms with Gasteiger partial charge in [0, 0.05) is 18.1 Å². The third-order valence-corrected chi connectivity index (χ3v) is 3.32. The number of nitrogens with two attached hydrogens (primary N) is 1. The molecule has 0 unspecified atom stereocenters. The van der Waals surface area contributed by atoms with Crippen LogP contribution in [0.3, 0.4) is 0 Å². The van der Waals surface area contributed by atoms with Crippen molar-refractivity contribution in [1.29, 1.82) is 0 Å². The van der Waals surface area contributed by atoms with Crippen LogP contribution in [0.15, 0.2) is 36.7 Å². The van der Waals surface area contributed by atoms with E-state index in [2.05, 4.69) is 15.4 Å². The Morgan fingerprint density at radius 3 is 3.05 bits per heavy atom. The van der Waals surface area contributed by atoms with Gasteiger partial charge in [0.2, 0.25) is 0 Å². The fourth-order valence-corrected chi connectivity index (χ4v) is 2.27. The average Bonchev–Trinajstić information content (AvgIpc) is 3.06. The molecule has 6 heteroatoms. The standard InChI is InChI=1S/C15H17N5O/c1-10-8-18-20(9-10)6-5-17-15(21)13-7-11-3-2-4-12(16)14(11)19-13/h2-4,7-9,19H,5-6,16H2,1H3,(H,17,21). The molecule has 2 heterocycles. The van der Waals surface area contributed by atoms with Gasteiger partial charge in [-0.2, -0.15) is 5.10 Å². The first-order valence-electron chi connectivity index (χ1n) is 6.78. The number of amides is 1. The van der Waals surface area contributed by atoms with Gasteiger partial charge >= 0.3 is 0 Å². The summed E-state index contributed by atoms with van der Waals surface area (Å²) in [6.45, 7) is 3.14. The van der Waals surface area contributed by atoms with Crippen molar-refractivity contribution in [1.82, 2.24) is 20.1 Å². The number of hydrogen-bond donors (Lipinski definition) is 3. The Kier molecular flexibility index (Phi) is 3.35. The van der Waals surface area contributed by atoms with Crippen LogP contribution in [-0.2, 0) is 6.54 Å². The molecule has 0 saturated carbocycles. The number of fused-ring (bicyclic) bond motifs is 1. The predicted molar refractivity (Wildman–Crippen MR) is 82.0 cm³/mol. The Morgan fingerprint density at radius 2 is 2.33 bits per heavy atom. The highest BCUT2D eigenvalue weighted by molar-refractivity contribution is 6.00. The number of hydrogen-bond acceptors (Lipinski definition) is 3. The molecule has 0 aliphatic carbocycles. The highest BCUT2D eigenvalue weighted by Gasteiger charge is 2.10. The van der Waals surface area contributed by atoms with Gasteiger partial charge in [0.1, 0.15) is 5.69 Å². The quantitative estimate of drug-likeness (QED) is 0.636. The molecule has 0 aliphatic heterocycles. The zero-order chi connectivity index (χ0) is 14.8. The number of aromatic amines is 1. The maximum Gasteiger partial charge on any atom is 0.267 e. The number of rotatable bonds is 4. The number of nitrogen functional groups attached to an aromatic ring is 1. The minimum Gasteiger partial charge on any atom is -0.397 e. The second kappa shape index (κ2) is 5.32. The van der Waals surface area contributed by atoms with E-state index < -0.39 is 0 Å². The summed E-state index contributed by atoms with van der Waals surface area (Å²) in [5.41, 5.74) is 8.93. The van der Waals surface area contributed by atoms with Crippen molar-refractivity contribution < 1.29 is 4.79 Å². The SMILES string of the molecule is Cc1cnn(CCNC(=O)c2cc3cccc(N)c3[nH]2)c1. The first kappa shape index (κ1) is 13.2. The molecule has 108 valence electrons. The van der Waals surface area contributed by atoms with Crippen LogP contribution in [-0.4, -0.2) is 27.2 Å². The number of aromatic nitrogens is 3. The molecule has 3 rings (SSSR count). The molecular formula is C15H17N5O. The molecule has 0 atom stereocenters. The molecule has 4 N–H and O–H groups in total. The van der Waals surface area contributed by atoms with Crippen molar-refractivity contribution in [3.63, 3.8) is 0 Å². The molecular weight excluding hydrogens is 266 g/mol. The summed E-state index contributed by atoms with van der Waals surface area (Å²) in [6, 6.07) is 7.40. The fraction of sp³-hybridized carbons (Fsp3) is 0.200. The lowest BCUT2D eigenvalue weighted by atomic mass is 10.2. The van der Waals surface area contributed by atoms with Crippen molar-refractivity contribution in [2.75, 3.05) is 12.3 Å². The van der Waals surface area contributed by atoms with Crippen molar-refractivity contribution in [2.24, 2.45) is 0 Å². The highest BCUT2D eigenvalue weighted by atomic mass is 16.1. The second-order valence-corrected chi connectivity index (χ2v) is 5.03. The zero-order valence-corrected chi connectivity index (χ0v) is 11.8. The van der Waals surface area contributed by atoms with Crippen molar-refractivity contribution in [2.45, 2.75) is 13.5 Å². The maximum atomic E-state index is 12.1. The molecule has 0 bridgehead atoms. The van der Waals surface area contributed by atoms with E-state index in [1.54, 1.807) is 23.0 Å². The molecule has 0 fully saturated rings. The molecule has 0 aliphatic rings. The molecule has 21 heavy (non-hydrogen) atoms. The molecule has 0 spiro atoms. The third-order valence-electron chi connectivity index (χ3n) is 3.32. The van der Waals surface area contributed by atoms with Crippen LogP contribution in [0.4, 0.5) is 5.69 Å². The molecule has 0 saturated heterocycles. The number of benzene rings is 1. The minimum absolute atomic E-state index is 0.144. The van der Waals surface area contributed by atoms with Crippen LogP contribution in [0.5, 0.6) is 0 Å². The minimum atomic E-state index is -0.144. The fourth-order valence-electron chi connectivity index (χ4n) is 2.27. The van der Waals surface area contributed by atoms with Gasteiger partial charge in [-0.3, -0.25) is 9.48 Å². The van der Waals surface area contributed by atoms with Gasteiger partial charge in [-0.25, -0.2) is 0 Å². The Hall–Kier alpha value is -2.76. The monoisotopic (exact) mass is 283 g/mol. The van der Waals surface area contributed by atoms with E-state index in [0.717, 1.165) is 16.5 Å². The van der Waals surface area contributed by atoms with E-state index in [1.807, 2.05) is 25.3 Å². The molecule has 0 radical (unpaired) electrons. The van der Waals surface area contributed by atoms with E-state index in [0.29, 0.717) is 24.5 Å². The van der Waals surface area contributed by atoms with Gasteiger partial charge in [0.15, 0.2) is 0 Å². The molecule has 6 nitrogen and oxygen atoms in total. The van der Waals surface area contributed by atoms with E-state index in [4.69, 9.17) is 5.73 Å². The van der Waals surface area contributed by atoms with Gasteiger partial charge in [0.25, 0.3) is 5.91 Å². The summed E-state index contributed by atoms with van der Waals surface area (Å²) < 4.78 is 1.80. The largest absolute Gasteiger partial charge is 0.397 e. The summed E-state index contributed by atoms with van der Waals surface area (Å²) in [4.78, 5) is 15.2. The Labute approximate surface area is 121 Å². The van der Waals surface area contributed by atoms with E-state index >= 15 is 0 Å². The zero-order valence-electron chi connectivity index (χ0n) is 11.8. The lowest BCUT2D eigenvalue weighted by Gasteiger charge is -2.03. The summed E-state index contributed by atoms with van der Waals surface area (Å²) in [5.74, 6) is -0.144. The smallest absolute Gasteiger partial charge is 0.267 e. The van der Waals surface area contributed by atoms with Crippen LogP contribution >= 0.6 is 0 Å². The van der Waals surface area contributed by atoms with E-state index in [9.17, 15) is 4.79 Å². The first-order chi connectivity index (χ1) is 10.1. The number of nitrogens with zero attached hydrogens (tertiary/aromatic N) is 2. The van der Waals surface area contributed by atoms with Gasteiger partial charge < -0.3 is 16.0 Å². The summed E-state index contributed by atoms with van der Waals surface area (Å²) in [5, 5.41) is 7.97. The number of anilines is 1. The van der Waals surface area contributed by atoms with Crippen molar-refractivity contribution in [3.05, 3.63) is 47.9 Å². The number of para-hydroxylation sites is 1. The Balaban J connectivity index is 1.65. The van der Waals surface area contributed by atoms with Crippen LogP contribution in [0.25, 0.3) is 10.9 Å². The molecule has 2 aromatic heterocycles. The topological polar surface area (TPSA) is 88.7 Å². The first-order valence-corrected chi connectivity index (χ1v) is 6.78. The number of nitrogens with one attached hydrogen (secondary N) is 2. The number of H-pyrrole nitrogens is 1. The van der Waals surface area contributed by atoms with Crippen LogP contribution in [0, 0.1) is 6.92 Å². The lowest BCUT2D eigenvalue weighted by Crippen LogP contribution is -2.27. The normalized spacial score (nSPS) is 10.9. The summed E-state index contributed by atoms with van der Waals surface area (Å²) in [6.07, 6.45) is 3.73. The molecule has 3 aromatic rings. The van der Waals surface area contributed by atoms with Crippen LogP contribution in [0.1, 0.15) is 16.1 Å².